The molecule has 14 heteroatoms. The van der Waals surface area contributed by atoms with Crippen LogP contribution in [0.4, 0.5) is 15.8 Å². The summed E-state index contributed by atoms with van der Waals surface area (Å²) in [6.45, 7) is 3.60. The van der Waals surface area contributed by atoms with Crippen molar-refractivity contribution in [3.63, 3.8) is 0 Å². The number of ether oxygens (including phenoxy) is 3. The summed E-state index contributed by atoms with van der Waals surface area (Å²) < 4.78 is 29.9. The molecule has 3 amide bonds. The summed E-state index contributed by atoms with van der Waals surface area (Å²) >= 11 is 2.13. The summed E-state index contributed by atoms with van der Waals surface area (Å²) in [6, 6.07) is 16.4. The van der Waals surface area contributed by atoms with Gasteiger partial charge in [0.15, 0.2) is 18.1 Å². The molecule has 3 aromatic carbocycles. The van der Waals surface area contributed by atoms with Crippen molar-refractivity contribution in [1.29, 1.82) is 0 Å². The van der Waals surface area contributed by atoms with Gasteiger partial charge in [0.05, 0.1) is 35.4 Å². The molecule has 3 heterocycles. The molecule has 0 bridgehead atoms. The lowest BCUT2D eigenvalue weighted by Gasteiger charge is -2.30. The van der Waals surface area contributed by atoms with Crippen LogP contribution in [0.5, 0.6) is 11.5 Å². The van der Waals surface area contributed by atoms with Crippen LogP contribution in [0.3, 0.4) is 0 Å². The summed E-state index contributed by atoms with van der Waals surface area (Å²) in [5.41, 5.74) is 1.63. The molecular weight excluding hydrogens is 650 g/mol. The van der Waals surface area contributed by atoms with Gasteiger partial charge in [-0.25, -0.2) is 14.1 Å². The number of nitrogens with zero attached hydrogens (tertiary/aromatic N) is 1. The second kappa shape index (κ2) is 13.4. The second-order valence-corrected chi connectivity index (χ2v) is 12.7. The van der Waals surface area contributed by atoms with Crippen molar-refractivity contribution >= 4 is 58.2 Å². The second-order valence-electron chi connectivity index (χ2n) is 10.5. The largest absolute Gasteiger partial charge is 0.490 e. The van der Waals surface area contributed by atoms with Gasteiger partial charge in [0.25, 0.3) is 5.91 Å². The molecule has 0 aliphatic carbocycles. The van der Waals surface area contributed by atoms with Gasteiger partial charge in [-0.3, -0.25) is 19.2 Å². The first-order valence-electron chi connectivity index (χ1n) is 14.7. The number of hydrogen-bond acceptors (Lipinski definition) is 10. The van der Waals surface area contributed by atoms with E-state index in [2.05, 4.69) is 10.3 Å². The number of H-pyrrole nitrogens is 1. The van der Waals surface area contributed by atoms with E-state index in [9.17, 15) is 28.4 Å². The number of anilines is 2. The molecule has 2 aliphatic rings. The maximum atomic E-state index is 14.1. The van der Waals surface area contributed by atoms with E-state index in [1.165, 1.54) is 48.5 Å². The molecular formula is C33H28FN3O8S2. The zero-order chi connectivity index (χ0) is 33.2. The van der Waals surface area contributed by atoms with Crippen molar-refractivity contribution in [3.8, 4) is 11.5 Å². The third-order valence-corrected chi connectivity index (χ3v) is 9.98. The van der Waals surface area contributed by atoms with Gasteiger partial charge in [-0.2, -0.15) is 0 Å². The standard InChI is InChI=1S/C33H28FN3O8S2/c1-3-43-23-15-18(7-14-22(23)45-16-24(38)35-20-10-8-19(34)9-11-20)25-26-28(46-29-27(25)47-33(42)36-29)31(40)37(30(26)39)21-12-5-17(6-13-21)32(41)44-4-2/h5-15,25-26,28H,3-4,16H2,1-2H3,(H,35,38)(H,36,42)/t25-,26-,28+/m0/s1. The number of thioether (sulfide) groups is 1. The first kappa shape index (κ1) is 32.0. The van der Waals surface area contributed by atoms with Gasteiger partial charge < -0.3 is 24.5 Å². The number of rotatable bonds is 10. The van der Waals surface area contributed by atoms with E-state index in [0.717, 1.165) is 28.0 Å². The number of amides is 3. The van der Waals surface area contributed by atoms with Crippen molar-refractivity contribution in [2.45, 2.75) is 30.0 Å². The molecule has 242 valence electrons. The Morgan fingerprint density at radius 3 is 2.36 bits per heavy atom. The molecule has 47 heavy (non-hydrogen) atoms. The predicted molar refractivity (Wildman–Crippen MR) is 173 cm³/mol. The molecule has 4 aromatic rings. The molecule has 6 rings (SSSR count). The van der Waals surface area contributed by atoms with Crippen LogP contribution in [0.1, 0.15) is 40.6 Å². The molecule has 0 unspecified atom stereocenters. The van der Waals surface area contributed by atoms with Crippen LogP contribution >= 0.6 is 23.1 Å². The van der Waals surface area contributed by atoms with Crippen LogP contribution in [0.15, 0.2) is 76.6 Å². The van der Waals surface area contributed by atoms with Crippen LogP contribution in [0.25, 0.3) is 0 Å². The average molecular weight is 678 g/mol. The average Bonchev–Trinajstić information content (AvgIpc) is 3.55. The minimum atomic E-state index is -0.848. The highest BCUT2D eigenvalue weighted by Crippen LogP contribution is 2.53. The fourth-order valence-electron chi connectivity index (χ4n) is 5.57. The van der Waals surface area contributed by atoms with Crippen molar-refractivity contribution in [1.82, 2.24) is 4.98 Å². The van der Waals surface area contributed by atoms with Gasteiger partial charge in [0.2, 0.25) is 11.8 Å². The highest BCUT2D eigenvalue weighted by molar-refractivity contribution is 8.00. The number of aromatic nitrogens is 1. The number of carbonyl (C=O) groups excluding carboxylic acids is 4. The third-order valence-electron chi connectivity index (χ3n) is 7.57. The van der Waals surface area contributed by atoms with Gasteiger partial charge in [-0.1, -0.05) is 29.2 Å². The summed E-state index contributed by atoms with van der Waals surface area (Å²) in [7, 11) is 0. The zero-order valence-electron chi connectivity index (χ0n) is 25.1. The molecule has 0 saturated carbocycles. The smallest absolute Gasteiger partial charge is 0.338 e. The van der Waals surface area contributed by atoms with Crippen LogP contribution in [-0.4, -0.2) is 53.7 Å². The third kappa shape index (κ3) is 6.38. The first-order chi connectivity index (χ1) is 22.7. The number of halogens is 1. The highest BCUT2D eigenvalue weighted by Gasteiger charge is 2.56. The van der Waals surface area contributed by atoms with E-state index in [4.69, 9.17) is 14.2 Å². The number of esters is 1. The fourth-order valence-corrected chi connectivity index (χ4v) is 8.09. The molecule has 1 fully saturated rings. The number of hydrogen-bond donors (Lipinski definition) is 2. The van der Waals surface area contributed by atoms with Crippen LogP contribution in [0.2, 0.25) is 0 Å². The van der Waals surface area contributed by atoms with Gasteiger partial charge in [0.1, 0.15) is 11.1 Å². The zero-order valence-corrected chi connectivity index (χ0v) is 26.7. The minimum Gasteiger partial charge on any atom is -0.490 e. The lowest BCUT2D eigenvalue weighted by molar-refractivity contribution is -0.122. The van der Waals surface area contributed by atoms with E-state index < -0.39 is 46.6 Å². The molecule has 2 aliphatic heterocycles. The molecule has 1 aromatic heterocycles. The molecule has 1 saturated heterocycles. The van der Waals surface area contributed by atoms with E-state index in [1.54, 1.807) is 32.0 Å². The number of carbonyl (C=O) groups is 4. The Kier molecular flexibility index (Phi) is 9.14. The normalized spacial score (nSPS) is 18.4. The molecule has 0 radical (unpaired) electrons. The predicted octanol–water partition coefficient (Wildman–Crippen LogP) is 4.96. The van der Waals surface area contributed by atoms with Crippen LogP contribution in [-0.2, 0) is 19.1 Å². The van der Waals surface area contributed by atoms with Crippen LogP contribution < -0.4 is 24.6 Å². The van der Waals surface area contributed by atoms with E-state index >= 15 is 0 Å². The quantitative estimate of drug-likeness (QED) is 0.176. The molecule has 0 spiro atoms. The number of thiazole rings is 1. The Labute approximate surface area is 276 Å². The Hall–Kier alpha value is -4.95. The summed E-state index contributed by atoms with van der Waals surface area (Å²) in [5.74, 6) is -3.23. The molecule has 3 atom stereocenters. The number of benzene rings is 3. The maximum absolute atomic E-state index is 14.1. The lowest BCUT2D eigenvalue weighted by Crippen LogP contribution is -2.32. The van der Waals surface area contributed by atoms with Gasteiger partial charge in [-0.05, 0) is 80.1 Å². The van der Waals surface area contributed by atoms with E-state index in [-0.39, 0.29) is 36.0 Å². The van der Waals surface area contributed by atoms with Gasteiger partial charge in [-0.15, -0.1) is 0 Å². The summed E-state index contributed by atoms with van der Waals surface area (Å²) in [4.78, 5) is 69.3. The van der Waals surface area contributed by atoms with E-state index in [1.807, 2.05) is 0 Å². The van der Waals surface area contributed by atoms with Crippen LogP contribution in [0, 0.1) is 11.7 Å². The summed E-state index contributed by atoms with van der Waals surface area (Å²) in [5, 5.41) is 2.32. The van der Waals surface area contributed by atoms with Crippen molar-refractivity contribution in [2.75, 3.05) is 30.0 Å². The topological polar surface area (TPSA) is 144 Å². The van der Waals surface area contributed by atoms with Gasteiger partial charge >= 0.3 is 10.8 Å². The van der Waals surface area contributed by atoms with Gasteiger partial charge in [0, 0.05) is 16.5 Å². The van der Waals surface area contributed by atoms with E-state index in [0.29, 0.717) is 32.6 Å². The number of imide groups is 1. The maximum Gasteiger partial charge on any atom is 0.338 e. The first-order valence-corrected chi connectivity index (χ1v) is 16.4. The Morgan fingerprint density at radius 1 is 0.915 bits per heavy atom. The Morgan fingerprint density at radius 2 is 1.66 bits per heavy atom. The molecule has 11 nitrogen and oxygen atoms in total. The summed E-state index contributed by atoms with van der Waals surface area (Å²) in [6.07, 6.45) is 0. The van der Waals surface area contributed by atoms with Crippen molar-refractivity contribution in [3.05, 3.63) is 98.2 Å². The Bertz CT molecular complexity index is 1910. The molecule has 2 N–H and O–H groups in total. The highest BCUT2D eigenvalue weighted by atomic mass is 32.2. The Balaban J connectivity index is 1.29. The lowest BCUT2D eigenvalue weighted by atomic mass is 9.83. The number of nitrogens with one attached hydrogen (secondary N) is 2. The number of aromatic amines is 1. The fraction of sp³-hybridized carbons (Fsp3) is 0.242. The van der Waals surface area contributed by atoms with Crippen molar-refractivity contribution < 1.29 is 37.8 Å². The van der Waals surface area contributed by atoms with Crippen molar-refractivity contribution in [2.24, 2.45) is 5.92 Å². The SMILES string of the molecule is CCOC(=O)c1ccc(N2C(=O)[C@H]3[C@H](c4ccc(OCC(=O)Nc5ccc(F)cc5)c(OCC)c4)c4sc(=O)[nH]c4S[C@H]3C2=O)cc1. The minimum absolute atomic E-state index is 0.211. The monoisotopic (exact) mass is 677 g/mol. The number of fused-ring (bicyclic) bond motifs is 2.